The maximum Gasteiger partial charge on any atom is 0.275 e. The molecule has 1 rings (SSSR count). The first-order chi connectivity index (χ1) is 6.16. The molecule has 0 saturated carbocycles. The van der Waals surface area contributed by atoms with Crippen molar-refractivity contribution < 1.29 is 10.1 Å². The zero-order valence-electron chi connectivity index (χ0n) is 6.53. The van der Waals surface area contributed by atoms with Crippen LogP contribution in [0.3, 0.4) is 0 Å². The zero-order valence-corrected chi connectivity index (χ0v) is 7.28. The summed E-state index contributed by atoms with van der Waals surface area (Å²) in [6, 6.07) is 4.35. The van der Waals surface area contributed by atoms with Gasteiger partial charge in [-0.1, -0.05) is 17.7 Å². The van der Waals surface area contributed by atoms with Crippen LogP contribution in [-0.4, -0.2) is 10.1 Å². The van der Waals surface area contributed by atoms with Crippen molar-refractivity contribution in [1.82, 2.24) is 5.48 Å². The fourth-order valence-electron chi connectivity index (χ4n) is 0.972. The van der Waals surface area contributed by atoms with E-state index in [-0.39, 0.29) is 22.8 Å². The summed E-state index contributed by atoms with van der Waals surface area (Å²) in [6.45, 7) is -0.0456. The van der Waals surface area contributed by atoms with Gasteiger partial charge in [0.15, 0.2) is 0 Å². The summed E-state index contributed by atoms with van der Waals surface area (Å²) >= 11 is 5.70. The molecular weight excluding hydrogens is 196 g/mol. The van der Waals surface area contributed by atoms with E-state index in [4.69, 9.17) is 16.8 Å². The molecule has 0 fully saturated rings. The summed E-state index contributed by atoms with van der Waals surface area (Å²) in [5.41, 5.74) is 2.00. The molecule has 0 amide bonds. The Morgan fingerprint density at radius 1 is 1.62 bits per heavy atom. The zero-order chi connectivity index (χ0) is 9.84. The standard InChI is InChI=1S/C7H7ClN2O3/c8-6-2-1-3-7(10(12)13)5(6)4-9-11/h1-3,9,11H,4H2. The molecule has 0 spiro atoms. The number of hydrogen-bond donors (Lipinski definition) is 2. The van der Waals surface area contributed by atoms with Crippen molar-refractivity contribution in [2.24, 2.45) is 0 Å². The average molecular weight is 203 g/mol. The molecule has 2 N–H and O–H groups in total. The van der Waals surface area contributed by atoms with Crippen LogP contribution in [0.5, 0.6) is 0 Å². The number of nitrogens with zero attached hydrogens (tertiary/aromatic N) is 1. The summed E-state index contributed by atoms with van der Waals surface area (Å²) < 4.78 is 0. The third kappa shape index (κ3) is 2.15. The molecule has 1 aromatic rings. The highest BCUT2D eigenvalue weighted by Crippen LogP contribution is 2.25. The van der Waals surface area contributed by atoms with Gasteiger partial charge in [-0.2, -0.15) is 0 Å². The molecule has 0 atom stereocenters. The average Bonchev–Trinajstić information content (AvgIpc) is 2.08. The van der Waals surface area contributed by atoms with Crippen molar-refractivity contribution in [2.45, 2.75) is 6.54 Å². The van der Waals surface area contributed by atoms with Crippen molar-refractivity contribution in [3.63, 3.8) is 0 Å². The molecule has 70 valence electrons. The predicted octanol–water partition coefficient (Wildman–Crippen LogP) is 1.73. The van der Waals surface area contributed by atoms with Crippen LogP contribution >= 0.6 is 11.6 Å². The van der Waals surface area contributed by atoms with E-state index >= 15 is 0 Å². The van der Waals surface area contributed by atoms with Crippen LogP contribution in [0.1, 0.15) is 5.56 Å². The van der Waals surface area contributed by atoms with Crippen molar-refractivity contribution in [1.29, 1.82) is 0 Å². The molecule has 1 aromatic carbocycles. The van der Waals surface area contributed by atoms with Gasteiger partial charge >= 0.3 is 0 Å². The van der Waals surface area contributed by atoms with Crippen molar-refractivity contribution in [3.8, 4) is 0 Å². The van der Waals surface area contributed by atoms with Gasteiger partial charge in [-0.3, -0.25) is 10.1 Å². The summed E-state index contributed by atoms with van der Waals surface area (Å²) in [7, 11) is 0. The Hall–Kier alpha value is -1.17. The third-order valence-corrected chi connectivity index (χ3v) is 1.90. The summed E-state index contributed by atoms with van der Waals surface area (Å²) in [5.74, 6) is 0. The van der Waals surface area contributed by atoms with Crippen LogP contribution in [0.2, 0.25) is 5.02 Å². The maximum atomic E-state index is 10.5. The summed E-state index contributed by atoms with van der Waals surface area (Å²) in [5, 5.41) is 19.2. The minimum absolute atomic E-state index is 0.0456. The highest BCUT2D eigenvalue weighted by atomic mass is 35.5. The van der Waals surface area contributed by atoms with E-state index in [9.17, 15) is 10.1 Å². The number of hydrogen-bond acceptors (Lipinski definition) is 4. The quantitative estimate of drug-likeness (QED) is 0.578. The molecule has 0 saturated heterocycles. The largest absolute Gasteiger partial charge is 0.316 e. The molecule has 0 radical (unpaired) electrons. The third-order valence-electron chi connectivity index (χ3n) is 1.55. The molecule has 0 aliphatic heterocycles. The monoisotopic (exact) mass is 202 g/mol. The number of halogens is 1. The SMILES string of the molecule is O=[N+]([O-])c1cccc(Cl)c1CNO. The molecule has 13 heavy (non-hydrogen) atoms. The Kier molecular flexibility index (Phi) is 3.18. The van der Waals surface area contributed by atoms with Gasteiger partial charge in [0.05, 0.1) is 22.1 Å². The number of nitro groups is 1. The van der Waals surface area contributed by atoms with Crippen LogP contribution in [0.15, 0.2) is 18.2 Å². The fourth-order valence-corrected chi connectivity index (χ4v) is 1.21. The molecule has 0 aliphatic rings. The molecule has 0 aromatic heterocycles. The van der Waals surface area contributed by atoms with E-state index in [1.54, 1.807) is 0 Å². The maximum absolute atomic E-state index is 10.5. The van der Waals surface area contributed by atoms with E-state index in [1.807, 2.05) is 5.48 Å². The second-order valence-electron chi connectivity index (χ2n) is 2.33. The number of hydroxylamine groups is 1. The molecule has 0 aliphatic carbocycles. The van der Waals surface area contributed by atoms with Crippen LogP contribution in [0.4, 0.5) is 5.69 Å². The van der Waals surface area contributed by atoms with E-state index in [0.29, 0.717) is 0 Å². The Labute approximate surface area is 79.1 Å². The first kappa shape index (κ1) is 9.91. The normalized spacial score (nSPS) is 10.0. The number of nitro benzene ring substituents is 1. The lowest BCUT2D eigenvalue weighted by molar-refractivity contribution is -0.385. The van der Waals surface area contributed by atoms with Gasteiger partial charge in [0.2, 0.25) is 0 Å². The van der Waals surface area contributed by atoms with Crippen molar-refractivity contribution in [3.05, 3.63) is 38.9 Å². The second-order valence-corrected chi connectivity index (χ2v) is 2.74. The van der Waals surface area contributed by atoms with Gasteiger partial charge in [-0.15, -0.1) is 0 Å². The van der Waals surface area contributed by atoms with Gasteiger partial charge < -0.3 is 5.21 Å². The first-order valence-corrected chi connectivity index (χ1v) is 3.83. The number of rotatable bonds is 3. The minimum Gasteiger partial charge on any atom is -0.316 e. The molecule has 5 nitrogen and oxygen atoms in total. The molecule has 0 bridgehead atoms. The lowest BCUT2D eigenvalue weighted by atomic mass is 10.2. The first-order valence-electron chi connectivity index (χ1n) is 3.45. The lowest BCUT2D eigenvalue weighted by Gasteiger charge is -2.02. The topological polar surface area (TPSA) is 75.4 Å². The number of benzene rings is 1. The van der Waals surface area contributed by atoms with E-state index in [2.05, 4.69) is 0 Å². The lowest BCUT2D eigenvalue weighted by Crippen LogP contribution is -2.08. The smallest absolute Gasteiger partial charge is 0.275 e. The molecule has 0 heterocycles. The van der Waals surface area contributed by atoms with Crippen molar-refractivity contribution >= 4 is 17.3 Å². The van der Waals surface area contributed by atoms with E-state index in [0.717, 1.165) is 0 Å². The van der Waals surface area contributed by atoms with Crippen LogP contribution in [0, 0.1) is 10.1 Å². The van der Waals surface area contributed by atoms with Gasteiger partial charge in [0.25, 0.3) is 5.69 Å². The van der Waals surface area contributed by atoms with Crippen LogP contribution < -0.4 is 5.48 Å². The minimum atomic E-state index is -0.543. The number of nitrogens with one attached hydrogen (secondary N) is 1. The van der Waals surface area contributed by atoms with Gasteiger partial charge in [-0.05, 0) is 6.07 Å². The second kappa shape index (κ2) is 4.18. The van der Waals surface area contributed by atoms with Crippen molar-refractivity contribution in [2.75, 3.05) is 0 Å². The van der Waals surface area contributed by atoms with Gasteiger partial charge in [0.1, 0.15) is 0 Å². The van der Waals surface area contributed by atoms with Crippen LogP contribution in [-0.2, 0) is 6.54 Å². The predicted molar refractivity (Wildman–Crippen MR) is 46.7 cm³/mol. The Balaban J connectivity index is 3.17. The Morgan fingerprint density at radius 3 is 2.85 bits per heavy atom. The summed E-state index contributed by atoms with van der Waals surface area (Å²) in [6.07, 6.45) is 0. The van der Waals surface area contributed by atoms with Gasteiger partial charge in [-0.25, -0.2) is 5.48 Å². The highest BCUT2D eigenvalue weighted by Gasteiger charge is 2.15. The van der Waals surface area contributed by atoms with E-state index < -0.39 is 4.92 Å². The van der Waals surface area contributed by atoms with Gasteiger partial charge in [0, 0.05) is 6.07 Å². The van der Waals surface area contributed by atoms with Crippen LogP contribution in [0.25, 0.3) is 0 Å². The molecule has 0 unspecified atom stereocenters. The Morgan fingerprint density at radius 2 is 2.31 bits per heavy atom. The fraction of sp³-hybridized carbons (Fsp3) is 0.143. The molecular formula is C7H7ClN2O3. The Bertz CT molecular complexity index is 330. The summed E-state index contributed by atoms with van der Waals surface area (Å²) in [4.78, 5) is 9.94. The molecule has 6 heteroatoms. The van der Waals surface area contributed by atoms with E-state index in [1.165, 1.54) is 18.2 Å². The highest BCUT2D eigenvalue weighted by molar-refractivity contribution is 6.31.